The Balaban J connectivity index is 0.000000210. The van der Waals surface area contributed by atoms with E-state index in [1.165, 1.54) is 48.0 Å². The Bertz CT molecular complexity index is 1280. The van der Waals surface area contributed by atoms with E-state index in [4.69, 9.17) is 0 Å². The monoisotopic (exact) mass is 547 g/mol. The summed E-state index contributed by atoms with van der Waals surface area (Å²) in [5.74, 6) is 9.10. The van der Waals surface area contributed by atoms with Gasteiger partial charge in [-0.25, -0.2) is 4.39 Å². The Labute approximate surface area is 238 Å². The first-order valence-corrected chi connectivity index (χ1v) is 16.8. The Morgan fingerprint density at radius 3 is 2.26 bits per heavy atom. The first kappa shape index (κ1) is 31.2. The maximum Gasteiger partial charge on any atom is 0.123 e. The number of aryl methyl sites for hydroxylation is 1. The fourth-order valence-corrected chi connectivity index (χ4v) is 7.47. The van der Waals surface area contributed by atoms with Gasteiger partial charge in [0.1, 0.15) is 5.82 Å². The van der Waals surface area contributed by atoms with Gasteiger partial charge in [0.25, 0.3) is 0 Å². The smallest absolute Gasteiger partial charge is 0.123 e. The van der Waals surface area contributed by atoms with E-state index in [-0.39, 0.29) is 5.82 Å². The van der Waals surface area contributed by atoms with Crippen LogP contribution >= 0.6 is 9.39 Å². The second-order valence-electron chi connectivity index (χ2n) is 11.3. The number of nitrogens with one attached hydrogen (secondary N) is 1. The highest BCUT2D eigenvalue weighted by Crippen LogP contribution is 2.54. The van der Waals surface area contributed by atoms with Crippen molar-refractivity contribution in [2.75, 3.05) is 0 Å². The lowest BCUT2D eigenvalue weighted by atomic mass is 9.69. The lowest BCUT2D eigenvalue weighted by Gasteiger charge is -2.36. The molecule has 0 amide bonds. The van der Waals surface area contributed by atoms with Crippen LogP contribution in [0.2, 0.25) is 0 Å². The summed E-state index contributed by atoms with van der Waals surface area (Å²) in [5, 5.41) is 0.751. The van der Waals surface area contributed by atoms with E-state index < -0.39 is 9.39 Å². The zero-order valence-electron chi connectivity index (χ0n) is 25.0. The minimum atomic E-state index is -1.06. The largest absolute Gasteiger partial charge is 0.270 e. The van der Waals surface area contributed by atoms with Crippen LogP contribution < -0.4 is 4.72 Å². The molecule has 0 spiro atoms. The molecule has 2 fully saturated rings. The van der Waals surface area contributed by atoms with Gasteiger partial charge in [-0.2, -0.15) is 9.39 Å². The van der Waals surface area contributed by atoms with E-state index in [0.717, 1.165) is 42.5 Å². The first-order valence-electron chi connectivity index (χ1n) is 14.8. The molecule has 3 heteroatoms. The Kier molecular flexibility index (Phi) is 11.0. The SMILES string of the molecule is C=CC1=C(Cc2ccc(F)cc2)C=C2CCC(C)C2(C)C1.C=S(=C)(NCc1ccccc1CC)C1CC1.CC. The lowest BCUT2D eigenvalue weighted by molar-refractivity contribution is 0.292. The van der Waals surface area contributed by atoms with E-state index in [9.17, 15) is 4.39 Å². The number of allylic oxidation sites excluding steroid dienone is 5. The molecule has 0 saturated heterocycles. The second kappa shape index (κ2) is 13.8. The molecule has 0 aliphatic heterocycles. The topological polar surface area (TPSA) is 12.0 Å². The van der Waals surface area contributed by atoms with Crippen LogP contribution in [0, 0.1) is 17.2 Å². The van der Waals surface area contributed by atoms with Crippen molar-refractivity contribution in [3.05, 3.63) is 106 Å². The number of rotatable bonds is 8. The Morgan fingerprint density at radius 1 is 1.03 bits per heavy atom. The molecule has 2 aromatic carbocycles. The summed E-state index contributed by atoms with van der Waals surface area (Å²) in [4.78, 5) is 0. The van der Waals surface area contributed by atoms with Crippen molar-refractivity contribution in [2.24, 2.45) is 11.3 Å². The Morgan fingerprint density at radius 2 is 1.67 bits per heavy atom. The molecule has 2 atom stereocenters. The average Bonchev–Trinajstić information content (AvgIpc) is 3.77. The molecule has 1 N–H and O–H groups in total. The quantitative estimate of drug-likeness (QED) is 0.324. The molecule has 3 aliphatic rings. The third kappa shape index (κ3) is 7.86. The molecule has 0 aromatic heterocycles. The van der Waals surface area contributed by atoms with E-state index in [1.807, 2.05) is 32.1 Å². The minimum absolute atomic E-state index is 0.170. The van der Waals surface area contributed by atoms with Crippen LogP contribution in [-0.2, 0) is 19.4 Å². The van der Waals surface area contributed by atoms with Gasteiger partial charge >= 0.3 is 0 Å². The summed E-state index contributed by atoms with van der Waals surface area (Å²) in [6.45, 7) is 15.9. The van der Waals surface area contributed by atoms with Crippen molar-refractivity contribution in [3.8, 4) is 0 Å². The highest BCUT2D eigenvalue weighted by atomic mass is 32.2. The van der Waals surface area contributed by atoms with Crippen LogP contribution in [0.3, 0.4) is 0 Å². The summed E-state index contributed by atoms with van der Waals surface area (Å²) in [6.07, 6.45) is 12.6. The zero-order valence-corrected chi connectivity index (χ0v) is 25.8. The molecule has 0 bridgehead atoms. The highest BCUT2D eigenvalue weighted by Gasteiger charge is 2.42. The van der Waals surface area contributed by atoms with Crippen LogP contribution in [0.1, 0.15) is 83.4 Å². The van der Waals surface area contributed by atoms with E-state index in [0.29, 0.717) is 5.41 Å². The number of halogens is 1. The van der Waals surface area contributed by atoms with Crippen molar-refractivity contribution in [1.82, 2.24) is 4.72 Å². The lowest BCUT2D eigenvalue weighted by Crippen LogP contribution is -2.25. The van der Waals surface area contributed by atoms with Crippen molar-refractivity contribution >= 4 is 21.1 Å². The van der Waals surface area contributed by atoms with Gasteiger partial charge in [0.2, 0.25) is 0 Å². The normalized spacial score (nSPS) is 22.1. The maximum absolute atomic E-state index is 13.0. The molecule has 2 unspecified atom stereocenters. The predicted molar refractivity (Wildman–Crippen MR) is 175 cm³/mol. The molecule has 0 heterocycles. The van der Waals surface area contributed by atoms with Crippen LogP contribution in [0.5, 0.6) is 0 Å². The van der Waals surface area contributed by atoms with Gasteiger partial charge in [-0.1, -0.05) is 107 Å². The summed E-state index contributed by atoms with van der Waals surface area (Å²) in [7, 11) is -1.06. The number of hydrogen-bond acceptors (Lipinski definition) is 1. The van der Waals surface area contributed by atoms with Crippen LogP contribution in [0.15, 0.2) is 84.0 Å². The van der Waals surface area contributed by atoms with E-state index in [2.05, 4.69) is 74.2 Å². The van der Waals surface area contributed by atoms with Gasteiger partial charge in [0, 0.05) is 11.8 Å². The summed E-state index contributed by atoms with van der Waals surface area (Å²) in [6, 6.07) is 15.5. The number of benzene rings is 2. The van der Waals surface area contributed by atoms with E-state index >= 15 is 0 Å². The van der Waals surface area contributed by atoms with Gasteiger partial charge in [-0.3, -0.25) is 4.72 Å². The van der Waals surface area contributed by atoms with E-state index in [1.54, 1.807) is 17.7 Å². The van der Waals surface area contributed by atoms with Gasteiger partial charge in [-0.05, 0) is 96.2 Å². The summed E-state index contributed by atoms with van der Waals surface area (Å²) >= 11 is 0. The summed E-state index contributed by atoms with van der Waals surface area (Å²) in [5.41, 5.74) is 8.62. The number of hydrogen-bond donors (Lipinski definition) is 1. The molecular formula is C36H50FNS. The highest BCUT2D eigenvalue weighted by molar-refractivity contribution is 8.26. The van der Waals surface area contributed by atoms with Gasteiger partial charge in [0.15, 0.2) is 0 Å². The van der Waals surface area contributed by atoms with Crippen molar-refractivity contribution in [1.29, 1.82) is 0 Å². The van der Waals surface area contributed by atoms with Gasteiger partial charge in [0.05, 0.1) is 0 Å². The number of fused-ring (bicyclic) bond motifs is 1. The van der Waals surface area contributed by atoms with Crippen molar-refractivity contribution < 1.29 is 4.39 Å². The zero-order chi connectivity index (χ0) is 28.6. The minimum Gasteiger partial charge on any atom is -0.270 e. The molecule has 0 radical (unpaired) electrons. The molecule has 1 nitrogen and oxygen atoms in total. The second-order valence-corrected chi connectivity index (χ2v) is 14.2. The van der Waals surface area contributed by atoms with Crippen molar-refractivity contribution in [3.63, 3.8) is 0 Å². The van der Waals surface area contributed by atoms with Crippen LogP contribution in [0.25, 0.3) is 0 Å². The van der Waals surface area contributed by atoms with Crippen LogP contribution in [-0.4, -0.2) is 17.0 Å². The van der Waals surface area contributed by atoms with Crippen molar-refractivity contribution in [2.45, 2.75) is 91.4 Å². The van der Waals surface area contributed by atoms with Crippen LogP contribution in [0.4, 0.5) is 4.39 Å². The van der Waals surface area contributed by atoms with Gasteiger partial charge < -0.3 is 0 Å². The standard InChI is InChI=1S/C20H23F.C14H21NS.C2H6/c1-4-16-13-20(3)14(2)5-8-18(20)12-17(16)11-15-6-9-19(21)10-7-15;1-4-12-7-5-6-8-13(12)11-15-16(2,3)14-9-10-14;1-2/h4,6-7,9-10,12,14H,1,5,8,11,13H2,2-3H3;5-8,14-15H,2-4,9-11H2,1H3;1-2H3. The fraction of sp³-hybridized carbons (Fsp3) is 0.444. The third-order valence-electron chi connectivity index (χ3n) is 8.75. The average molecular weight is 548 g/mol. The molecule has 2 saturated carbocycles. The molecule has 5 rings (SSSR count). The third-order valence-corrected chi connectivity index (χ3v) is 11.2. The molecule has 39 heavy (non-hydrogen) atoms. The molecule has 2 aromatic rings. The maximum atomic E-state index is 13.0. The predicted octanol–water partition coefficient (Wildman–Crippen LogP) is 9.73. The summed E-state index contributed by atoms with van der Waals surface area (Å²) < 4.78 is 16.6. The molecular weight excluding hydrogens is 497 g/mol. The fourth-order valence-electron chi connectivity index (χ4n) is 5.75. The molecule has 3 aliphatic carbocycles. The first-order chi connectivity index (χ1) is 18.7. The molecule has 212 valence electrons. The van der Waals surface area contributed by atoms with Gasteiger partial charge in [-0.15, -0.1) is 0 Å². The Hall–Kier alpha value is -2.36.